The lowest BCUT2D eigenvalue weighted by atomic mass is 9.94. The van der Waals surface area contributed by atoms with Gasteiger partial charge >= 0.3 is 0 Å². The maximum Gasteiger partial charge on any atom is 0.122 e. The predicted molar refractivity (Wildman–Crippen MR) is 69.0 cm³/mol. The molecule has 86 valence electrons. The first kappa shape index (κ1) is 12.6. The van der Waals surface area contributed by atoms with Gasteiger partial charge in [0, 0.05) is 6.42 Å². The van der Waals surface area contributed by atoms with Gasteiger partial charge < -0.3 is 4.74 Å². The van der Waals surface area contributed by atoms with Crippen molar-refractivity contribution in [2.24, 2.45) is 0 Å². The Morgan fingerprint density at radius 2 is 1.94 bits per heavy atom. The van der Waals surface area contributed by atoms with Crippen LogP contribution in [0.1, 0.15) is 35.6 Å². The molecule has 1 aromatic rings. The van der Waals surface area contributed by atoms with Crippen LogP contribution in [0.15, 0.2) is 6.07 Å². The van der Waals surface area contributed by atoms with Crippen LogP contribution in [0.3, 0.4) is 0 Å². The monoisotopic (exact) mass is 216 g/mol. The molecule has 0 aliphatic heterocycles. The van der Waals surface area contributed by atoms with Gasteiger partial charge in [0.15, 0.2) is 0 Å². The number of benzene rings is 1. The molecule has 0 saturated heterocycles. The smallest absolute Gasteiger partial charge is 0.122 e. The molecular weight excluding hydrogens is 196 g/mol. The van der Waals surface area contributed by atoms with E-state index in [-0.39, 0.29) is 0 Å². The highest BCUT2D eigenvalue weighted by Gasteiger charge is 2.10. The maximum absolute atomic E-state index is 5.62. The van der Waals surface area contributed by atoms with E-state index in [4.69, 9.17) is 11.2 Å². The van der Waals surface area contributed by atoms with Crippen LogP contribution in [0.2, 0.25) is 0 Å². The second-order valence-corrected chi connectivity index (χ2v) is 4.06. The predicted octanol–water partition coefficient (Wildman–Crippen LogP) is 3.58. The molecule has 1 heteroatoms. The highest BCUT2D eigenvalue weighted by molar-refractivity contribution is 5.48. The molecule has 0 saturated carbocycles. The Morgan fingerprint density at radius 1 is 1.25 bits per heavy atom. The van der Waals surface area contributed by atoms with Crippen LogP contribution in [-0.4, -0.2) is 6.61 Å². The molecule has 0 spiro atoms. The molecule has 0 heterocycles. The van der Waals surface area contributed by atoms with Crippen molar-refractivity contribution in [3.63, 3.8) is 0 Å². The number of ether oxygens (including phenoxy) is 1. The Labute approximate surface area is 98.8 Å². The Balaban J connectivity index is 3.13. The Bertz CT molecular complexity index is 410. The fraction of sp³-hybridized carbons (Fsp3) is 0.467. The van der Waals surface area contributed by atoms with Crippen molar-refractivity contribution >= 4 is 0 Å². The van der Waals surface area contributed by atoms with E-state index in [0.717, 1.165) is 18.6 Å². The molecule has 16 heavy (non-hydrogen) atoms. The molecule has 0 radical (unpaired) electrons. The summed E-state index contributed by atoms with van der Waals surface area (Å²) in [4.78, 5) is 0. The summed E-state index contributed by atoms with van der Waals surface area (Å²) < 4.78 is 5.62. The van der Waals surface area contributed by atoms with Gasteiger partial charge in [-0.15, -0.1) is 12.3 Å². The van der Waals surface area contributed by atoms with E-state index in [0.29, 0.717) is 6.61 Å². The number of terminal acetylenes is 1. The minimum Gasteiger partial charge on any atom is -0.494 e. The molecule has 0 atom stereocenters. The van der Waals surface area contributed by atoms with Gasteiger partial charge in [-0.05, 0) is 62.4 Å². The summed E-state index contributed by atoms with van der Waals surface area (Å²) in [6.45, 7) is 9.11. The van der Waals surface area contributed by atoms with Crippen molar-refractivity contribution in [3.8, 4) is 18.1 Å². The number of hydrogen-bond acceptors (Lipinski definition) is 1. The maximum atomic E-state index is 5.62. The van der Waals surface area contributed by atoms with E-state index in [9.17, 15) is 0 Å². The highest BCUT2D eigenvalue weighted by atomic mass is 16.5. The molecule has 0 amide bonds. The molecule has 1 nitrogen and oxygen atoms in total. The zero-order valence-corrected chi connectivity index (χ0v) is 10.7. The summed E-state index contributed by atoms with van der Waals surface area (Å²) in [6.07, 6.45) is 7.08. The largest absolute Gasteiger partial charge is 0.494 e. The third-order valence-electron chi connectivity index (χ3n) is 3.03. The van der Waals surface area contributed by atoms with Crippen molar-refractivity contribution in [2.75, 3.05) is 6.61 Å². The topological polar surface area (TPSA) is 9.23 Å². The number of rotatable bonds is 4. The lowest BCUT2D eigenvalue weighted by Crippen LogP contribution is -2.01. The van der Waals surface area contributed by atoms with E-state index in [1.54, 1.807) is 0 Å². The Kier molecular flexibility index (Phi) is 4.43. The zero-order chi connectivity index (χ0) is 12.1. The third-order valence-corrected chi connectivity index (χ3v) is 3.03. The minimum atomic E-state index is 0.712. The lowest BCUT2D eigenvalue weighted by molar-refractivity contribution is 0.337. The summed E-state index contributed by atoms with van der Waals surface area (Å²) in [5.41, 5.74) is 5.21. The molecule has 0 aromatic heterocycles. The number of hydrogen-bond donors (Lipinski definition) is 0. The van der Waals surface area contributed by atoms with Crippen molar-refractivity contribution < 1.29 is 4.74 Å². The first-order valence-electron chi connectivity index (χ1n) is 5.77. The average Bonchev–Trinajstić information content (AvgIpc) is 2.26. The van der Waals surface area contributed by atoms with Crippen molar-refractivity contribution in [3.05, 3.63) is 28.3 Å². The molecule has 1 rings (SSSR count). The molecule has 0 aliphatic rings. The second-order valence-electron chi connectivity index (χ2n) is 4.06. The summed E-state index contributed by atoms with van der Waals surface area (Å²) >= 11 is 0. The summed E-state index contributed by atoms with van der Waals surface area (Å²) in [5.74, 6) is 3.70. The normalized spacial score (nSPS) is 9.94. The minimum absolute atomic E-state index is 0.712. The van der Waals surface area contributed by atoms with Crippen LogP contribution in [0.4, 0.5) is 0 Å². The van der Waals surface area contributed by atoms with Gasteiger partial charge in [-0.1, -0.05) is 0 Å². The standard InChI is InChI=1S/C15H20O/c1-6-8-9-14-11(3)10-15(16-7-2)13(5)12(14)4/h1,10H,7-9H2,2-5H3. The van der Waals surface area contributed by atoms with Crippen molar-refractivity contribution in [2.45, 2.75) is 40.5 Å². The van der Waals surface area contributed by atoms with Crippen LogP contribution < -0.4 is 4.74 Å². The first-order valence-corrected chi connectivity index (χ1v) is 5.77. The molecule has 0 unspecified atom stereocenters. The van der Waals surface area contributed by atoms with Gasteiger partial charge in [-0.2, -0.15) is 0 Å². The van der Waals surface area contributed by atoms with Crippen molar-refractivity contribution in [1.29, 1.82) is 0 Å². The lowest BCUT2D eigenvalue weighted by Gasteiger charge is -2.16. The molecule has 0 N–H and O–H groups in total. The van der Waals surface area contributed by atoms with Crippen LogP contribution in [-0.2, 0) is 6.42 Å². The van der Waals surface area contributed by atoms with Gasteiger partial charge in [0.1, 0.15) is 5.75 Å². The van der Waals surface area contributed by atoms with E-state index >= 15 is 0 Å². The van der Waals surface area contributed by atoms with Gasteiger partial charge in [0.2, 0.25) is 0 Å². The van der Waals surface area contributed by atoms with Gasteiger partial charge in [-0.3, -0.25) is 0 Å². The third kappa shape index (κ3) is 2.58. The molecule has 0 bridgehead atoms. The molecule has 0 aliphatic carbocycles. The fourth-order valence-electron chi connectivity index (χ4n) is 1.99. The molecule has 1 aromatic carbocycles. The van der Waals surface area contributed by atoms with Crippen LogP contribution in [0.25, 0.3) is 0 Å². The van der Waals surface area contributed by atoms with Gasteiger partial charge in [0.25, 0.3) is 0 Å². The average molecular weight is 216 g/mol. The van der Waals surface area contributed by atoms with Crippen LogP contribution in [0.5, 0.6) is 5.75 Å². The molecule has 0 fully saturated rings. The number of aryl methyl sites for hydroxylation is 1. The first-order chi connectivity index (χ1) is 7.61. The van der Waals surface area contributed by atoms with Crippen molar-refractivity contribution in [1.82, 2.24) is 0 Å². The second kappa shape index (κ2) is 5.61. The van der Waals surface area contributed by atoms with Gasteiger partial charge in [-0.25, -0.2) is 0 Å². The highest BCUT2D eigenvalue weighted by Crippen LogP contribution is 2.28. The van der Waals surface area contributed by atoms with Gasteiger partial charge in [0.05, 0.1) is 6.61 Å². The summed E-state index contributed by atoms with van der Waals surface area (Å²) in [5, 5.41) is 0. The fourth-order valence-corrected chi connectivity index (χ4v) is 1.99. The van der Waals surface area contributed by atoms with E-state index in [2.05, 4.69) is 32.8 Å². The molecular formula is C15H20O. The zero-order valence-electron chi connectivity index (χ0n) is 10.7. The SMILES string of the molecule is C#CCCc1c(C)cc(OCC)c(C)c1C. The van der Waals surface area contributed by atoms with Crippen LogP contribution >= 0.6 is 0 Å². The van der Waals surface area contributed by atoms with E-state index in [1.165, 1.54) is 22.3 Å². The Morgan fingerprint density at radius 3 is 2.50 bits per heavy atom. The Hall–Kier alpha value is -1.42. The summed E-state index contributed by atoms with van der Waals surface area (Å²) in [6, 6.07) is 2.12. The van der Waals surface area contributed by atoms with E-state index in [1.807, 2.05) is 6.92 Å². The van der Waals surface area contributed by atoms with E-state index < -0.39 is 0 Å². The quantitative estimate of drug-likeness (QED) is 0.699. The summed E-state index contributed by atoms with van der Waals surface area (Å²) in [7, 11) is 0. The van der Waals surface area contributed by atoms with Crippen LogP contribution in [0, 0.1) is 33.1 Å².